The molecule has 0 aliphatic carbocycles. The first-order valence-electron chi connectivity index (χ1n) is 5.78. The van der Waals surface area contributed by atoms with Crippen molar-refractivity contribution in [3.8, 4) is 0 Å². The summed E-state index contributed by atoms with van der Waals surface area (Å²) >= 11 is 12.4. The number of urea groups is 1. The third-order valence-corrected chi connectivity index (χ3v) is 3.92. The molecule has 0 spiro atoms. The molecule has 0 atom stereocenters. The minimum Gasteiger partial charge on any atom is -0.392 e. The van der Waals surface area contributed by atoms with Gasteiger partial charge < -0.3 is 15.7 Å². The number of carbonyl (C=O) groups is 1. The fraction of sp³-hybridized carbons (Fsp3) is 0.0769. The topological polar surface area (TPSA) is 74.2 Å². The summed E-state index contributed by atoms with van der Waals surface area (Å²) in [5.74, 6) is 0. The van der Waals surface area contributed by atoms with Gasteiger partial charge in [-0.15, -0.1) is 0 Å². The van der Waals surface area contributed by atoms with Crippen LogP contribution >= 0.6 is 43.5 Å². The minimum absolute atomic E-state index is 0.204. The van der Waals surface area contributed by atoms with Gasteiger partial charge in [0.15, 0.2) is 0 Å². The predicted molar refractivity (Wildman–Crippen MR) is 89.7 cm³/mol. The fourth-order valence-electron chi connectivity index (χ4n) is 1.64. The molecule has 1 aromatic heterocycles. The molecule has 2 aromatic rings. The summed E-state index contributed by atoms with van der Waals surface area (Å²) in [4.78, 5) is 15.8. The van der Waals surface area contributed by atoms with Crippen molar-refractivity contribution in [1.29, 1.82) is 0 Å². The summed E-state index contributed by atoms with van der Waals surface area (Å²) in [7, 11) is 0. The zero-order valence-corrected chi connectivity index (χ0v) is 14.5. The smallest absolute Gasteiger partial charge is 0.323 e. The van der Waals surface area contributed by atoms with Crippen LogP contribution in [0.3, 0.4) is 0 Å². The van der Waals surface area contributed by atoms with Gasteiger partial charge in [0.1, 0.15) is 5.15 Å². The van der Waals surface area contributed by atoms with E-state index >= 15 is 0 Å². The highest BCUT2D eigenvalue weighted by Crippen LogP contribution is 2.30. The molecule has 2 amide bonds. The Morgan fingerprint density at radius 1 is 1.29 bits per heavy atom. The van der Waals surface area contributed by atoms with E-state index in [1.54, 1.807) is 18.2 Å². The average Bonchev–Trinajstić information content (AvgIpc) is 2.37. The number of aliphatic hydroxyl groups is 1. The number of aliphatic hydroxyl groups excluding tert-OH is 1. The van der Waals surface area contributed by atoms with E-state index in [4.69, 9.17) is 11.6 Å². The summed E-state index contributed by atoms with van der Waals surface area (Å²) in [6, 6.07) is 6.20. The number of pyridine rings is 1. The van der Waals surface area contributed by atoms with Crippen LogP contribution in [0.4, 0.5) is 16.2 Å². The molecule has 1 aromatic carbocycles. The molecule has 0 radical (unpaired) electrons. The molecular weight excluding hydrogens is 425 g/mol. The number of benzene rings is 1. The maximum atomic E-state index is 12.0. The highest BCUT2D eigenvalue weighted by molar-refractivity contribution is 9.11. The summed E-state index contributed by atoms with van der Waals surface area (Å²) < 4.78 is 1.47. The lowest BCUT2D eigenvalue weighted by molar-refractivity contribution is 0.262. The molecule has 5 nitrogen and oxygen atoms in total. The van der Waals surface area contributed by atoms with Crippen molar-refractivity contribution in [2.24, 2.45) is 0 Å². The molecule has 0 unspecified atom stereocenters. The number of anilines is 2. The molecule has 8 heteroatoms. The average molecular weight is 436 g/mol. The highest BCUT2D eigenvalue weighted by atomic mass is 79.9. The first-order chi connectivity index (χ1) is 9.99. The molecule has 2 rings (SSSR count). The Morgan fingerprint density at radius 2 is 2.05 bits per heavy atom. The van der Waals surface area contributed by atoms with Crippen molar-refractivity contribution in [3.63, 3.8) is 0 Å². The van der Waals surface area contributed by atoms with Crippen LogP contribution in [0.25, 0.3) is 0 Å². The number of rotatable bonds is 3. The second-order valence-corrected chi connectivity index (χ2v) is 6.18. The monoisotopic (exact) mass is 433 g/mol. The lowest BCUT2D eigenvalue weighted by Crippen LogP contribution is -2.20. The maximum Gasteiger partial charge on any atom is 0.323 e. The number of carbonyl (C=O) groups excluding carboxylic acids is 1. The Balaban J connectivity index is 2.16. The summed E-state index contributed by atoms with van der Waals surface area (Å²) in [5.41, 5.74) is 1.60. The van der Waals surface area contributed by atoms with Gasteiger partial charge in [0, 0.05) is 26.4 Å². The van der Waals surface area contributed by atoms with Gasteiger partial charge in [-0.3, -0.25) is 0 Å². The lowest BCUT2D eigenvalue weighted by atomic mass is 10.2. The van der Waals surface area contributed by atoms with Crippen molar-refractivity contribution in [2.75, 3.05) is 10.6 Å². The SMILES string of the molecule is O=C(Nc1ccnc(Cl)c1)Nc1cc(Br)cc(Br)c1CO. The maximum absolute atomic E-state index is 12.0. The summed E-state index contributed by atoms with van der Waals surface area (Å²) in [6.07, 6.45) is 1.49. The quantitative estimate of drug-likeness (QED) is 0.626. The van der Waals surface area contributed by atoms with Crippen LogP contribution < -0.4 is 10.6 Å². The molecule has 0 saturated carbocycles. The molecule has 21 heavy (non-hydrogen) atoms. The number of amides is 2. The van der Waals surface area contributed by atoms with Crippen molar-refractivity contribution in [2.45, 2.75) is 6.61 Å². The van der Waals surface area contributed by atoms with Crippen molar-refractivity contribution in [1.82, 2.24) is 4.98 Å². The van der Waals surface area contributed by atoms with E-state index in [0.717, 1.165) is 4.47 Å². The van der Waals surface area contributed by atoms with Crippen molar-refractivity contribution < 1.29 is 9.90 Å². The number of hydrogen-bond acceptors (Lipinski definition) is 3. The first kappa shape index (κ1) is 16.2. The Bertz CT molecular complexity index is 682. The minimum atomic E-state index is -0.447. The largest absolute Gasteiger partial charge is 0.392 e. The van der Waals surface area contributed by atoms with E-state index in [1.807, 2.05) is 0 Å². The predicted octanol–water partition coefficient (Wildman–Crippen LogP) is 4.40. The molecular formula is C13H10Br2ClN3O2. The molecule has 0 fully saturated rings. The van der Waals surface area contributed by atoms with Gasteiger partial charge >= 0.3 is 6.03 Å². The Kier molecular flexibility index (Phi) is 5.58. The van der Waals surface area contributed by atoms with Gasteiger partial charge in [-0.2, -0.15) is 0 Å². The Labute approximate surface area is 143 Å². The molecule has 0 aliphatic heterocycles. The third kappa shape index (κ3) is 4.41. The standard InChI is InChI=1S/C13H10Br2ClN3O2/c14-7-3-10(15)9(6-20)11(4-7)19-13(21)18-8-1-2-17-12(16)5-8/h1-5,20H,6H2,(H2,17,18,19,21). The molecule has 0 saturated heterocycles. The number of hydrogen-bond donors (Lipinski definition) is 3. The zero-order valence-electron chi connectivity index (χ0n) is 10.5. The van der Waals surface area contributed by atoms with Gasteiger partial charge in [-0.05, 0) is 24.3 Å². The second kappa shape index (κ2) is 7.22. The number of aromatic nitrogens is 1. The van der Waals surface area contributed by atoms with Gasteiger partial charge in [-0.25, -0.2) is 9.78 Å². The van der Waals surface area contributed by atoms with Crippen LogP contribution in [-0.2, 0) is 6.61 Å². The van der Waals surface area contributed by atoms with Gasteiger partial charge in [-0.1, -0.05) is 43.5 Å². The van der Waals surface area contributed by atoms with E-state index in [-0.39, 0.29) is 11.8 Å². The van der Waals surface area contributed by atoms with E-state index in [9.17, 15) is 9.90 Å². The van der Waals surface area contributed by atoms with Gasteiger partial charge in [0.2, 0.25) is 0 Å². The van der Waals surface area contributed by atoms with E-state index in [2.05, 4.69) is 47.5 Å². The molecule has 0 aliphatic rings. The summed E-state index contributed by atoms with van der Waals surface area (Å²) in [5, 5.41) is 15.0. The zero-order chi connectivity index (χ0) is 15.4. The van der Waals surface area contributed by atoms with Gasteiger partial charge in [0.25, 0.3) is 0 Å². The van der Waals surface area contributed by atoms with Crippen LogP contribution in [-0.4, -0.2) is 16.1 Å². The van der Waals surface area contributed by atoms with Crippen molar-refractivity contribution in [3.05, 3.63) is 50.1 Å². The Hall–Kier alpha value is -1.15. The van der Waals surface area contributed by atoms with E-state index in [0.29, 0.717) is 21.4 Å². The van der Waals surface area contributed by atoms with Crippen LogP contribution in [0.2, 0.25) is 5.15 Å². The summed E-state index contributed by atoms with van der Waals surface area (Å²) in [6.45, 7) is -0.204. The Morgan fingerprint density at radius 3 is 2.71 bits per heavy atom. The lowest BCUT2D eigenvalue weighted by Gasteiger charge is -2.13. The molecule has 0 bridgehead atoms. The van der Waals surface area contributed by atoms with Crippen molar-refractivity contribution >= 4 is 60.9 Å². The normalized spacial score (nSPS) is 10.3. The van der Waals surface area contributed by atoms with Gasteiger partial charge in [0.05, 0.1) is 12.3 Å². The van der Waals surface area contributed by atoms with Crippen LogP contribution in [0, 0.1) is 0 Å². The number of halogens is 3. The number of nitrogens with one attached hydrogen (secondary N) is 2. The number of nitrogens with zero attached hydrogens (tertiary/aromatic N) is 1. The van der Waals surface area contributed by atoms with E-state index in [1.165, 1.54) is 12.3 Å². The first-order valence-corrected chi connectivity index (χ1v) is 7.74. The van der Waals surface area contributed by atoms with Crippen LogP contribution in [0.5, 0.6) is 0 Å². The molecule has 110 valence electrons. The fourth-order valence-corrected chi connectivity index (χ4v) is 3.17. The third-order valence-electron chi connectivity index (χ3n) is 2.55. The molecule has 3 N–H and O–H groups in total. The van der Waals surface area contributed by atoms with Crippen LogP contribution in [0.1, 0.15) is 5.56 Å². The highest BCUT2D eigenvalue weighted by Gasteiger charge is 2.11. The molecule has 1 heterocycles. The van der Waals surface area contributed by atoms with Crippen LogP contribution in [0.15, 0.2) is 39.4 Å². The van der Waals surface area contributed by atoms with E-state index < -0.39 is 6.03 Å². The second-order valence-electron chi connectivity index (χ2n) is 4.02.